The molecule has 0 spiro atoms. The number of likely N-dealkylation sites (N-methyl/N-ethyl adjacent to an activating group) is 1. The third-order valence-corrected chi connectivity index (χ3v) is 2.67. The number of ether oxygens (including phenoxy) is 2. The predicted molar refractivity (Wildman–Crippen MR) is 55.4 cm³/mol. The van der Waals surface area contributed by atoms with Crippen LogP contribution >= 0.6 is 0 Å². The molecule has 1 heterocycles. The Kier molecular flexibility index (Phi) is 4.95. The van der Waals surface area contributed by atoms with Crippen LogP contribution < -0.4 is 5.32 Å². The van der Waals surface area contributed by atoms with Crippen molar-refractivity contribution in [3.05, 3.63) is 0 Å². The Morgan fingerprint density at radius 1 is 1.40 bits per heavy atom. The normalized spacial score (nSPS) is 38.2. The standard InChI is InChI=1S/C10H21NO4/c1-4-6(2)14-10-9(13)8(12)7(15-10)5-11-3/h6-13H,4-5H2,1-3H3/t6?,7-,8-,9-,10-/m1/s1. The highest BCUT2D eigenvalue weighted by Crippen LogP contribution is 2.23. The molecule has 0 aromatic carbocycles. The Bertz CT molecular complexity index is 190. The van der Waals surface area contributed by atoms with Crippen molar-refractivity contribution in [1.82, 2.24) is 5.32 Å². The molecule has 1 rings (SSSR count). The van der Waals surface area contributed by atoms with Gasteiger partial charge in [-0.3, -0.25) is 0 Å². The summed E-state index contributed by atoms with van der Waals surface area (Å²) in [5, 5.41) is 22.2. The van der Waals surface area contributed by atoms with Gasteiger partial charge >= 0.3 is 0 Å². The van der Waals surface area contributed by atoms with Crippen LogP contribution in [0.25, 0.3) is 0 Å². The van der Waals surface area contributed by atoms with E-state index in [1.807, 2.05) is 13.8 Å². The largest absolute Gasteiger partial charge is 0.387 e. The minimum atomic E-state index is -0.961. The van der Waals surface area contributed by atoms with E-state index in [2.05, 4.69) is 5.32 Å². The summed E-state index contributed by atoms with van der Waals surface area (Å²) in [7, 11) is 1.77. The Morgan fingerprint density at radius 3 is 2.60 bits per heavy atom. The monoisotopic (exact) mass is 219 g/mol. The average molecular weight is 219 g/mol. The summed E-state index contributed by atoms with van der Waals surface area (Å²) < 4.78 is 10.9. The zero-order valence-corrected chi connectivity index (χ0v) is 9.51. The zero-order chi connectivity index (χ0) is 11.4. The predicted octanol–water partition coefficient (Wildman–Crippen LogP) is -0.532. The molecule has 0 saturated carbocycles. The summed E-state index contributed by atoms with van der Waals surface area (Å²) in [5.74, 6) is 0. The van der Waals surface area contributed by atoms with E-state index in [0.717, 1.165) is 6.42 Å². The van der Waals surface area contributed by atoms with E-state index in [1.165, 1.54) is 0 Å². The second-order valence-corrected chi connectivity index (χ2v) is 3.94. The van der Waals surface area contributed by atoms with E-state index in [-0.39, 0.29) is 6.10 Å². The molecule has 0 amide bonds. The molecule has 0 radical (unpaired) electrons. The maximum atomic E-state index is 9.67. The van der Waals surface area contributed by atoms with Crippen LogP contribution in [-0.2, 0) is 9.47 Å². The van der Waals surface area contributed by atoms with Crippen molar-refractivity contribution in [3.63, 3.8) is 0 Å². The number of aliphatic hydroxyl groups excluding tert-OH is 2. The van der Waals surface area contributed by atoms with Crippen molar-refractivity contribution >= 4 is 0 Å². The average Bonchev–Trinajstić information content (AvgIpc) is 2.47. The van der Waals surface area contributed by atoms with E-state index in [0.29, 0.717) is 6.54 Å². The molecule has 5 atom stereocenters. The van der Waals surface area contributed by atoms with Gasteiger partial charge in [-0.1, -0.05) is 6.92 Å². The molecule has 1 fully saturated rings. The van der Waals surface area contributed by atoms with Crippen LogP contribution in [0.2, 0.25) is 0 Å². The molecule has 1 saturated heterocycles. The van der Waals surface area contributed by atoms with E-state index < -0.39 is 24.6 Å². The van der Waals surface area contributed by atoms with Crippen LogP contribution in [0.1, 0.15) is 20.3 Å². The minimum absolute atomic E-state index is 0.0187. The van der Waals surface area contributed by atoms with Gasteiger partial charge in [-0.15, -0.1) is 0 Å². The number of hydrogen-bond donors (Lipinski definition) is 3. The lowest BCUT2D eigenvalue weighted by atomic mass is 10.1. The molecular formula is C10H21NO4. The van der Waals surface area contributed by atoms with Crippen molar-refractivity contribution in [3.8, 4) is 0 Å². The topological polar surface area (TPSA) is 71.0 Å². The fourth-order valence-electron chi connectivity index (χ4n) is 1.52. The van der Waals surface area contributed by atoms with Crippen LogP contribution in [0.5, 0.6) is 0 Å². The third kappa shape index (κ3) is 3.12. The molecule has 1 aliphatic heterocycles. The highest BCUT2D eigenvalue weighted by atomic mass is 16.7. The Labute approximate surface area is 90.4 Å². The van der Waals surface area contributed by atoms with Gasteiger partial charge in [-0.2, -0.15) is 0 Å². The first-order valence-electron chi connectivity index (χ1n) is 5.41. The van der Waals surface area contributed by atoms with Gasteiger partial charge in [0, 0.05) is 6.54 Å². The molecule has 0 aromatic heterocycles. The molecule has 0 aromatic rings. The highest BCUT2D eigenvalue weighted by Gasteiger charge is 2.43. The van der Waals surface area contributed by atoms with Crippen LogP contribution in [0.3, 0.4) is 0 Å². The first-order valence-corrected chi connectivity index (χ1v) is 5.41. The number of nitrogens with one attached hydrogen (secondary N) is 1. The SMILES string of the molecule is CCC(C)O[C@@H]1O[C@H](CNC)[C@@H](O)[C@H]1O. The number of aliphatic hydroxyl groups is 2. The van der Waals surface area contributed by atoms with Crippen molar-refractivity contribution in [1.29, 1.82) is 0 Å². The summed E-state index contributed by atoms with van der Waals surface area (Å²) in [6, 6.07) is 0. The molecule has 5 heteroatoms. The molecule has 1 aliphatic rings. The van der Waals surface area contributed by atoms with Gasteiger partial charge in [0.05, 0.1) is 6.10 Å². The molecule has 15 heavy (non-hydrogen) atoms. The Balaban J connectivity index is 2.47. The van der Waals surface area contributed by atoms with Gasteiger partial charge in [0.15, 0.2) is 6.29 Å². The van der Waals surface area contributed by atoms with E-state index in [9.17, 15) is 10.2 Å². The quantitative estimate of drug-likeness (QED) is 0.580. The van der Waals surface area contributed by atoms with Gasteiger partial charge in [-0.05, 0) is 20.4 Å². The van der Waals surface area contributed by atoms with E-state index in [1.54, 1.807) is 7.05 Å². The first kappa shape index (κ1) is 12.9. The molecule has 1 unspecified atom stereocenters. The lowest BCUT2D eigenvalue weighted by molar-refractivity contribution is -0.186. The number of hydrogen-bond acceptors (Lipinski definition) is 5. The lowest BCUT2D eigenvalue weighted by Gasteiger charge is -2.19. The van der Waals surface area contributed by atoms with E-state index in [4.69, 9.17) is 9.47 Å². The van der Waals surface area contributed by atoms with Crippen molar-refractivity contribution in [2.75, 3.05) is 13.6 Å². The summed E-state index contributed by atoms with van der Waals surface area (Å²) in [6.07, 6.45) is -2.10. The maximum Gasteiger partial charge on any atom is 0.186 e. The maximum absolute atomic E-state index is 9.67. The van der Waals surface area contributed by atoms with Gasteiger partial charge in [0.25, 0.3) is 0 Å². The summed E-state index contributed by atoms with van der Waals surface area (Å²) in [6.45, 7) is 4.40. The molecule has 5 nitrogen and oxygen atoms in total. The second kappa shape index (κ2) is 5.77. The minimum Gasteiger partial charge on any atom is -0.387 e. The van der Waals surface area contributed by atoms with E-state index >= 15 is 0 Å². The molecule has 0 aliphatic carbocycles. The lowest BCUT2D eigenvalue weighted by Crippen LogP contribution is -2.37. The van der Waals surface area contributed by atoms with Crippen molar-refractivity contribution in [2.45, 2.75) is 51.0 Å². The number of rotatable bonds is 5. The van der Waals surface area contributed by atoms with Gasteiger partial charge in [-0.25, -0.2) is 0 Å². The molecule has 3 N–H and O–H groups in total. The van der Waals surface area contributed by atoms with Gasteiger partial charge < -0.3 is 25.0 Å². The summed E-state index contributed by atoms with van der Waals surface area (Å²) in [5.41, 5.74) is 0. The van der Waals surface area contributed by atoms with Crippen molar-refractivity contribution in [2.24, 2.45) is 0 Å². The third-order valence-electron chi connectivity index (χ3n) is 2.67. The zero-order valence-electron chi connectivity index (χ0n) is 9.51. The van der Waals surface area contributed by atoms with Gasteiger partial charge in [0.2, 0.25) is 0 Å². The Hall–Kier alpha value is -0.200. The van der Waals surface area contributed by atoms with Crippen molar-refractivity contribution < 1.29 is 19.7 Å². The molecular weight excluding hydrogens is 198 g/mol. The second-order valence-electron chi connectivity index (χ2n) is 3.94. The smallest absolute Gasteiger partial charge is 0.186 e. The Morgan fingerprint density at radius 2 is 2.07 bits per heavy atom. The van der Waals surface area contributed by atoms with Crippen LogP contribution in [0, 0.1) is 0 Å². The van der Waals surface area contributed by atoms with Crippen LogP contribution in [0.4, 0.5) is 0 Å². The summed E-state index contributed by atoms with van der Waals surface area (Å²) in [4.78, 5) is 0. The highest BCUT2D eigenvalue weighted by molar-refractivity contribution is 4.87. The molecule has 90 valence electrons. The fourth-order valence-corrected chi connectivity index (χ4v) is 1.52. The van der Waals surface area contributed by atoms with Crippen LogP contribution in [-0.4, -0.2) is 54.5 Å². The van der Waals surface area contributed by atoms with Gasteiger partial charge in [0.1, 0.15) is 18.3 Å². The molecule has 0 bridgehead atoms. The van der Waals surface area contributed by atoms with Crippen LogP contribution in [0.15, 0.2) is 0 Å². The summed E-state index contributed by atoms with van der Waals surface area (Å²) >= 11 is 0. The fraction of sp³-hybridized carbons (Fsp3) is 1.00. The first-order chi connectivity index (χ1) is 7.10.